The molecule has 1 atom stereocenters. The van der Waals surface area contributed by atoms with Crippen LogP contribution in [-0.4, -0.2) is 41.7 Å². The summed E-state index contributed by atoms with van der Waals surface area (Å²) in [4.78, 5) is 10.5. The van der Waals surface area contributed by atoms with Crippen LogP contribution in [0, 0.1) is 5.41 Å². The molecule has 0 amide bonds. The smallest absolute Gasteiger partial charge is 1.00 e. The average molecular weight is 233 g/mol. The van der Waals surface area contributed by atoms with Crippen molar-refractivity contribution in [2.75, 3.05) is 6.61 Å². The first-order valence-electron chi connectivity index (χ1n) is 2.86. The monoisotopic (exact) mass is 232 g/mol. The van der Waals surface area contributed by atoms with E-state index in [2.05, 4.69) is 4.74 Å². The second-order valence-electron chi connectivity index (χ2n) is 2.98. The zero-order chi connectivity index (χ0) is 7.07. The molecule has 1 aliphatic heterocycles. The Balaban J connectivity index is 0. The molecule has 11 heavy (non-hydrogen) atoms. The van der Waals surface area contributed by atoms with Crippen LogP contribution in [0.5, 0.6) is 0 Å². The molecule has 3 nitrogen and oxygen atoms in total. The van der Waals surface area contributed by atoms with Gasteiger partial charge in [0, 0.05) is 0 Å². The molecule has 0 unspecified atom stereocenters. The minimum Gasteiger partial charge on any atom is -1.00 e. The maximum absolute atomic E-state index is 10.8. The summed E-state index contributed by atoms with van der Waals surface area (Å²) >= 11 is 0. The number of ether oxygens (including phenoxy) is 1. The molecule has 0 bridgehead atoms. The molecule has 60 valence electrons. The number of esters is 1. The number of rotatable bonds is 0. The standard InChI is InChI=1S/C6H9O3.BrH.Mg/c1-6(2)3-9-5(8)4(6)7;;/h4H,3H2,1-2H3;1H;/q-1;;+2/p-1/t4-;;/m0../s1. The van der Waals surface area contributed by atoms with Gasteiger partial charge >= 0.3 is 23.1 Å². The van der Waals surface area contributed by atoms with Crippen LogP contribution < -0.4 is 22.1 Å². The first-order valence-corrected chi connectivity index (χ1v) is 2.86. The molecule has 1 fully saturated rings. The van der Waals surface area contributed by atoms with Gasteiger partial charge in [0.05, 0.1) is 6.61 Å². The quantitative estimate of drug-likeness (QED) is 0.316. The van der Waals surface area contributed by atoms with Crippen LogP contribution in [-0.2, 0) is 9.53 Å². The fraction of sp³-hybridized carbons (Fsp3) is 0.833. The van der Waals surface area contributed by atoms with Crippen LogP contribution in [0.3, 0.4) is 0 Å². The van der Waals surface area contributed by atoms with Gasteiger partial charge in [-0.1, -0.05) is 13.8 Å². The van der Waals surface area contributed by atoms with E-state index in [4.69, 9.17) is 0 Å². The number of halogens is 1. The fourth-order valence-electron chi connectivity index (χ4n) is 0.728. The third-order valence-corrected chi connectivity index (χ3v) is 1.51. The van der Waals surface area contributed by atoms with Gasteiger partial charge in [-0.25, -0.2) is 0 Å². The van der Waals surface area contributed by atoms with Crippen molar-refractivity contribution in [3.63, 3.8) is 0 Å². The Morgan fingerprint density at radius 3 is 2.18 bits per heavy atom. The van der Waals surface area contributed by atoms with E-state index in [9.17, 15) is 9.90 Å². The summed E-state index contributed by atoms with van der Waals surface area (Å²) in [5.74, 6) is -0.611. The van der Waals surface area contributed by atoms with Crippen molar-refractivity contribution in [2.24, 2.45) is 5.41 Å². The van der Waals surface area contributed by atoms with Gasteiger partial charge in [-0.3, -0.25) is 4.79 Å². The zero-order valence-electron chi connectivity index (χ0n) is 6.59. The van der Waals surface area contributed by atoms with E-state index < -0.39 is 17.5 Å². The van der Waals surface area contributed by atoms with Gasteiger partial charge in [0.25, 0.3) is 5.97 Å². The first-order chi connectivity index (χ1) is 4.04. The fourth-order valence-corrected chi connectivity index (χ4v) is 0.728. The van der Waals surface area contributed by atoms with E-state index >= 15 is 0 Å². The Morgan fingerprint density at radius 1 is 1.64 bits per heavy atom. The second-order valence-corrected chi connectivity index (χ2v) is 2.98. The molecule has 0 aromatic rings. The van der Waals surface area contributed by atoms with Crippen molar-refractivity contribution in [3.8, 4) is 0 Å². The third-order valence-electron chi connectivity index (χ3n) is 1.51. The Hall–Kier alpha value is 0.676. The molecule has 0 saturated carbocycles. The maximum Gasteiger partial charge on any atom is 2.00 e. The van der Waals surface area contributed by atoms with Crippen molar-refractivity contribution < 1.29 is 31.6 Å². The number of hydrogen-bond donors (Lipinski definition) is 0. The third kappa shape index (κ3) is 2.89. The first kappa shape index (κ1) is 14.2. The van der Waals surface area contributed by atoms with E-state index in [1.165, 1.54) is 0 Å². The predicted octanol–water partition coefficient (Wildman–Crippen LogP) is -4.08. The number of hydrogen-bond acceptors (Lipinski definition) is 3. The summed E-state index contributed by atoms with van der Waals surface area (Å²) in [5, 5.41) is 10.8. The normalized spacial score (nSPS) is 26.5. The van der Waals surface area contributed by atoms with Gasteiger partial charge in [0.2, 0.25) is 0 Å². The summed E-state index contributed by atoms with van der Waals surface area (Å²) in [6.07, 6.45) is -1.18. The van der Waals surface area contributed by atoms with Gasteiger partial charge in [0.15, 0.2) is 0 Å². The van der Waals surface area contributed by atoms with Crippen molar-refractivity contribution in [2.45, 2.75) is 20.0 Å². The second kappa shape index (κ2) is 4.64. The largest absolute Gasteiger partial charge is 2.00 e. The molecule has 0 aliphatic carbocycles. The molecular formula is C6H9BrMgO3. The summed E-state index contributed by atoms with van der Waals surface area (Å²) in [6, 6.07) is 0. The Labute approximate surface area is 92.4 Å². The van der Waals surface area contributed by atoms with Crippen LogP contribution in [0.4, 0.5) is 0 Å². The molecule has 0 N–H and O–H groups in total. The number of carbonyl (C=O) groups excluding carboxylic acids is 1. The van der Waals surface area contributed by atoms with Gasteiger partial charge in [-0.15, -0.1) is 0 Å². The molecule has 0 radical (unpaired) electrons. The zero-order valence-corrected chi connectivity index (χ0v) is 9.59. The van der Waals surface area contributed by atoms with Gasteiger partial charge in [-0.05, 0) is 11.5 Å². The average Bonchev–Trinajstić information content (AvgIpc) is 1.97. The van der Waals surface area contributed by atoms with Crippen LogP contribution in [0.2, 0.25) is 0 Å². The number of carbonyl (C=O) groups is 1. The molecule has 1 saturated heterocycles. The van der Waals surface area contributed by atoms with E-state index in [-0.39, 0.29) is 46.6 Å². The molecule has 0 aromatic heterocycles. The topological polar surface area (TPSA) is 49.4 Å². The summed E-state index contributed by atoms with van der Waals surface area (Å²) < 4.78 is 4.53. The summed E-state index contributed by atoms with van der Waals surface area (Å²) in [5.41, 5.74) is -0.503. The minimum absolute atomic E-state index is 0. The molecular weight excluding hydrogens is 224 g/mol. The van der Waals surface area contributed by atoms with E-state index in [1.807, 2.05) is 0 Å². The molecule has 1 rings (SSSR count). The molecule has 1 aliphatic rings. The van der Waals surface area contributed by atoms with E-state index in [0.717, 1.165) is 0 Å². The van der Waals surface area contributed by atoms with Crippen molar-refractivity contribution in [1.82, 2.24) is 0 Å². The van der Waals surface area contributed by atoms with E-state index in [0.29, 0.717) is 0 Å². The van der Waals surface area contributed by atoms with Crippen molar-refractivity contribution >= 4 is 29.0 Å². The molecule has 0 aromatic carbocycles. The number of cyclic esters (lactones) is 1. The van der Waals surface area contributed by atoms with Crippen LogP contribution >= 0.6 is 0 Å². The minimum atomic E-state index is -1.18. The molecule has 5 heteroatoms. The predicted molar refractivity (Wildman–Crippen MR) is 34.3 cm³/mol. The Kier molecular flexibility index (Phi) is 6.00. The van der Waals surface area contributed by atoms with E-state index in [1.54, 1.807) is 13.8 Å². The van der Waals surface area contributed by atoms with Crippen LogP contribution in [0.1, 0.15) is 13.8 Å². The Bertz CT molecular complexity index is 149. The molecule has 1 heterocycles. The maximum atomic E-state index is 10.8. The summed E-state index contributed by atoms with van der Waals surface area (Å²) in [7, 11) is 0. The van der Waals surface area contributed by atoms with Crippen molar-refractivity contribution in [3.05, 3.63) is 0 Å². The Morgan fingerprint density at radius 2 is 2.09 bits per heavy atom. The van der Waals surface area contributed by atoms with Crippen molar-refractivity contribution in [1.29, 1.82) is 0 Å². The SMILES string of the molecule is CC1(C)COC(=O)[C@@H]1[O-].[Br-].[Mg+2]. The van der Waals surface area contributed by atoms with Crippen LogP contribution in [0.15, 0.2) is 0 Å². The summed E-state index contributed by atoms with van der Waals surface area (Å²) in [6.45, 7) is 3.73. The van der Waals surface area contributed by atoms with Crippen LogP contribution in [0.25, 0.3) is 0 Å². The van der Waals surface area contributed by atoms with Gasteiger partial charge in [-0.2, -0.15) is 0 Å². The van der Waals surface area contributed by atoms with Gasteiger partial charge < -0.3 is 26.8 Å². The van der Waals surface area contributed by atoms with Gasteiger partial charge in [0.1, 0.15) is 0 Å². The molecule has 0 spiro atoms.